The molecule has 2 aromatic rings. The van der Waals surface area contributed by atoms with E-state index in [0.717, 1.165) is 11.3 Å². The van der Waals surface area contributed by atoms with Gasteiger partial charge in [0.15, 0.2) is 0 Å². The van der Waals surface area contributed by atoms with Crippen molar-refractivity contribution in [3.05, 3.63) is 53.9 Å². The van der Waals surface area contributed by atoms with Crippen LogP contribution in [0.25, 0.3) is 0 Å². The summed E-state index contributed by atoms with van der Waals surface area (Å²) in [6.07, 6.45) is 1.70. The minimum Gasteiger partial charge on any atom is -0.398 e. The number of pyridine rings is 1. The molecule has 1 heterocycles. The summed E-state index contributed by atoms with van der Waals surface area (Å²) in [6, 6.07) is 11.2. The maximum Gasteiger partial charge on any atom is 0.0706 e. The minimum atomic E-state index is -1.14. The monoisotopic (exact) mass is 246 g/mol. The summed E-state index contributed by atoms with van der Waals surface area (Å²) in [5.41, 5.74) is 8.30. The summed E-state index contributed by atoms with van der Waals surface area (Å²) in [6.45, 7) is 1.91. The molecule has 0 aliphatic rings. The number of hydrogen-bond donors (Lipinski definition) is 1. The predicted molar refractivity (Wildman–Crippen MR) is 69.9 cm³/mol. The van der Waals surface area contributed by atoms with Gasteiger partial charge in [-0.05, 0) is 30.7 Å². The number of aromatic nitrogens is 1. The second-order valence-electron chi connectivity index (χ2n) is 3.80. The highest BCUT2D eigenvalue weighted by Gasteiger charge is 2.10. The van der Waals surface area contributed by atoms with Gasteiger partial charge >= 0.3 is 0 Å². The van der Waals surface area contributed by atoms with Crippen LogP contribution >= 0.6 is 0 Å². The molecular weight excluding hydrogens is 232 g/mol. The fourth-order valence-corrected chi connectivity index (χ4v) is 2.78. The predicted octanol–water partition coefficient (Wildman–Crippen LogP) is 2.28. The maximum atomic E-state index is 12.2. The molecule has 0 saturated heterocycles. The zero-order valence-electron chi connectivity index (χ0n) is 9.59. The summed E-state index contributed by atoms with van der Waals surface area (Å²) >= 11 is 0. The van der Waals surface area contributed by atoms with Crippen molar-refractivity contribution < 1.29 is 4.21 Å². The number of nitrogens with zero attached hydrogens (tertiary/aromatic N) is 1. The Morgan fingerprint density at radius 3 is 2.76 bits per heavy atom. The van der Waals surface area contributed by atoms with Crippen molar-refractivity contribution in [2.75, 3.05) is 5.73 Å². The van der Waals surface area contributed by atoms with Crippen molar-refractivity contribution in [1.82, 2.24) is 4.98 Å². The van der Waals surface area contributed by atoms with Crippen LogP contribution in [0.2, 0.25) is 0 Å². The first-order valence-corrected chi connectivity index (χ1v) is 6.64. The van der Waals surface area contributed by atoms with Crippen molar-refractivity contribution in [1.29, 1.82) is 0 Å². The molecule has 2 N–H and O–H groups in total. The number of benzene rings is 1. The normalized spacial score (nSPS) is 12.3. The molecule has 0 radical (unpaired) electrons. The quantitative estimate of drug-likeness (QED) is 0.845. The second kappa shape index (κ2) is 5.10. The second-order valence-corrected chi connectivity index (χ2v) is 5.22. The van der Waals surface area contributed by atoms with E-state index in [2.05, 4.69) is 4.98 Å². The van der Waals surface area contributed by atoms with Crippen LogP contribution < -0.4 is 5.73 Å². The Labute approximate surface area is 103 Å². The lowest BCUT2D eigenvalue weighted by Crippen LogP contribution is -2.03. The van der Waals surface area contributed by atoms with E-state index in [1.54, 1.807) is 12.3 Å². The molecule has 0 aliphatic carbocycles. The molecule has 1 aromatic heterocycles. The van der Waals surface area contributed by atoms with Crippen LogP contribution in [0.4, 0.5) is 5.69 Å². The van der Waals surface area contributed by atoms with E-state index in [0.29, 0.717) is 16.3 Å². The van der Waals surface area contributed by atoms with Crippen LogP contribution in [0.15, 0.2) is 47.5 Å². The van der Waals surface area contributed by atoms with E-state index in [1.165, 1.54) is 0 Å². The van der Waals surface area contributed by atoms with Crippen LogP contribution in [0.1, 0.15) is 11.3 Å². The molecule has 0 fully saturated rings. The summed E-state index contributed by atoms with van der Waals surface area (Å²) in [5.74, 6) is 0.397. The van der Waals surface area contributed by atoms with Gasteiger partial charge in [-0.15, -0.1) is 0 Å². The lowest BCUT2D eigenvalue weighted by atomic mass is 10.2. The highest BCUT2D eigenvalue weighted by molar-refractivity contribution is 7.84. The number of hydrogen-bond acceptors (Lipinski definition) is 3. The van der Waals surface area contributed by atoms with Gasteiger partial charge in [-0.2, -0.15) is 0 Å². The largest absolute Gasteiger partial charge is 0.398 e. The molecule has 17 heavy (non-hydrogen) atoms. The highest BCUT2D eigenvalue weighted by Crippen LogP contribution is 2.21. The fourth-order valence-electron chi connectivity index (χ4n) is 1.55. The van der Waals surface area contributed by atoms with Gasteiger partial charge in [-0.25, -0.2) is 0 Å². The Balaban J connectivity index is 2.24. The van der Waals surface area contributed by atoms with Crippen molar-refractivity contribution >= 4 is 16.5 Å². The van der Waals surface area contributed by atoms with Gasteiger partial charge in [0.2, 0.25) is 0 Å². The molecule has 2 rings (SSSR count). The zero-order valence-corrected chi connectivity index (χ0v) is 10.4. The molecule has 0 spiro atoms. The number of aryl methyl sites for hydroxylation is 1. The first kappa shape index (κ1) is 11.8. The van der Waals surface area contributed by atoms with Crippen LogP contribution in [0.5, 0.6) is 0 Å². The third-order valence-electron chi connectivity index (χ3n) is 2.53. The first-order chi connectivity index (χ1) is 8.18. The molecule has 1 atom stereocenters. The summed E-state index contributed by atoms with van der Waals surface area (Å²) in [7, 11) is -1.14. The fraction of sp³-hybridized carbons (Fsp3) is 0.154. The van der Waals surface area contributed by atoms with Crippen LogP contribution in [0.3, 0.4) is 0 Å². The van der Waals surface area contributed by atoms with Gasteiger partial charge in [0.05, 0.1) is 32.8 Å². The number of nitrogens with two attached hydrogens (primary N) is 1. The van der Waals surface area contributed by atoms with Gasteiger partial charge in [-0.3, -0.25) is 9.19 Å². The van der Waals surface area contributed by atoms with Crippen LogP contribution in [-0.4, -0.2) is 9.19 Å². The number of rotatable bonds is 3. The molecule has 1 unspecified atom stereocenters. The third kappa shape index (κ3) is 2.71. The van der Waals surface area contributed by atoms with E-state index in [1.807, 2.05) is 37.3 Å². The first-order valence-electron chi connectivity index (χ1n) is 5.32. The Bertz CT molecular complexity index is 540. The minimum absolute atomic E-state index is 0.397. The van der Waals surface area contributed by atoms with Gasteiger partial charge in [0.1, 0.15) is 0 Å². The number of para-hydroxylation sites is 1. The van der Waals surface area contributed by atoms with Gasteiger partial charge in [0.25, 0.3) is 0 Å². The van der Waals surface area contributed by atoms with Crippen LogP contribution in [-0.2, 0) is 16.6 Å². The lowest BCUT2D eigenvalue weighted by molar-refractivity contribution is 0.682. The van der Waals surface area contributed by atoms with Crippen molar-refractivity contribution in [3.63, 3.8) is 0 Å². The molecule has 3 nitrogen and oxygen atoms in total. The van der Waals surface area contributed by atoms with Gasteiger partial charge in [-0.1, -0.05) is 18.2 Å². The Morgan fingerprint density at radius 1 is 1.24 bits per heavy atom. The van der Waals surface area contributed by atoms with Crippen molar-refractivity contribution in [3.8, 4) is 0 Å². The standard InChI is InChI=1S/C13H14N2OS/c1-10-5-4-7-12(13(10)14)17(16)9-11-6-2-3-8-15-11/h2-8H,9,14H2,1H3. The average Bonchev–Trinajstić information content (AvgIpc) is 2.34. The highest BCUT2D eigenvalue weighted by atomic mass is 32.2. The summed E-state index contributed by atoms with van der Waals surface area (Å²) in [5, 5.41) is 0. The average molecular weight is 246 g/mol. The molecular formula is C13H14N2OS. The Morgan fingerprint density at radius 2 is 2.06 bits per heavy atom. The van der Waals surface area contributed by atoms with Gasteiger partial charge < -0.3 is 5.73 Å². The van der Waals surface area contributed by atoms with Crippen LogP contribution in [0, 0.1) is 6.92 Å². The maximum absolute atomic E-state index is 12.2. The molecule has 1 aromatic carbocycles. The molecule has 88 valence electrons. The third-order valence-corrected chi connectivity index (χ3v) is 3.94. The molecule has 0 aliphatic heterocycles. The van der Waals surface area contributed by atoms with Crippen molar-refractivity contribution in [2.24, 2.45) is 0 Å². The zero-order chi connectivity index (χ0) is 12.3. The Hall–Kier alpha value is -1.68. The van der Waals surface area contributed by atoms with E-state index < -0.39 is 10.8 Å². The lowest BCUT2D eigenvalue weighted by Gasteiger charge is -2.07. The summed E-state index contributed by atoms with van der Waals surface area (Å²) < 4.78 is 12.2. The molecule has 0 saturated carbocycles. The summed E-state index contributed by atoms with van der Waals surface area (Å²) in [4.78, 5) is 4.85. The molecule has 0 bridgehead atoms. The van der Waals surface area contributed by atoms with Gasteiger partial charge in [0, 0.05) is 6.20 Å². The smallest absolute Gasteiger partial charge is 0.0706 e. The topological polar surface area (TPSA) is 56.0 Å². The van der Waals surface area contributed by atoms with E-state index in [4.69, 9.17) is 5.73 Å². The molecule has 0 amide bonds. The molecule has 4 heteroatoms. The SMILES string of the molecule is Cc1cccc(S(=O)Cc2ccccn2)c1N. The van der Waals surface area contributed by atoms with Crippen molar-refractivity contribution in [2.45, 2.75) is 17.6 Å². The Kier molecular flexibility index (Phi) is 3.54. The van der Waals surface area contributed by atoms with E-state index >= 15 is 0 Å². The van der Waals surface area contributed by atoms with E-state index in [9.17, 15) is 4.21 Å². The van der Waals surface area contributed by atoms with E-state index in [-0.39, 0.29) is 0 Å². The number of nitrogen functional groups attached to an aromatic ring is 1. The number of anilines is 1.